The van der Waals surface area contributed by atoms with Gasteiger partial charge in [-0.2, -0.15) is 13.2 Å². The van der Waals surface area contributed by atoms with Crippen molar-refractivity contribution in [2.24, 2.45) is 0 Å². The van der Waals surface area contributed by atoms with Crippen molar-refractivity contribution in [3.8, 4) is 16.9 Å². The zero-order chi connectivity index (χ0) is 21.4. The Kier molecular flexibility index (Phi) is 8.16. The number of alkyl halides is 3. The van der Waals surface area contributed by atoms with Crippen molar-refractivity contribution >= 4 is 0 Å². The third-order valence-corrected chi connectivity index (χ3v) is 5.19. The monoisotopic (exact) mass is 422 g/mol. The number of hydrogen-bond donors (Lipinski definition) is 0. The van der Waals surface area contributed by atoms with Gasteiger partial charge in [0.15, 0.2) is 0 Å². The average molecular weight is 422 g/mol. The third-order valence-electron chi connectivity index (χ3n) is 5.19. The van der Waals surface area contributed by atoms with E-state index >= 15 is 0 Å². The highest BCUT2D eigenvalue weighted by atomic mass is 19.4. The van der Waals surface area contributed by atoms with Crippen LogP contribution >= 0.6 is 0 Å². The second-order valence-electron chi connectivity index (χ2n) is 7.63. The summed E-state index contributed by atoms with van der Waals surface area (Å²) in [6.45, 7) is 3.44. The molecule has 2 unspecified atom stereocenters. The molecule has 3 nitrogen and oxygen atoms in total. The van der Waals surface area contributed by atoms with Crippen molar-refractivity contribution < 1.29 is 27.4 Å². The average Bonchev–Trinajstić information content (AvgIpc) is 2.76. The topological polar surface area (TPSA) is 27.7 Å². The zero-order valence-electron chi connectivity index (χ0n) is 17.3. The summed E-state index contributed by atoms with van der Waals surface area (Å²) in [5.41, 5.74) is 3.17. The van der Waals surface area contributed by atoms with Crippen molar-refractivity contribution in [1.82, 2.24) is 0 Å². The predicted molar refractivity (Wildman–Crippen MR) is 111 cm³/mol. The molecule has 1 fully saturated rings. The smallest absolute Gasteiger partial charge is 0.389 e. The maximum absolute atomic E-state index is 12.2. The Morgan fingerprint density at radius 3 is 2.13 bits per heavy atom. The first-order chi connectivity index (χ1) is 14.4. The van der Waals surface area contributed by atoms with E-state index in [2.05, 4.69) is 19.1 Å². The molecular weight excluding hydrogens is 393 g/mol. The fourth-order valence-corrected chi connectivity index (χ4v) is 3.43. The summed E-state index contributed by atoms with van der Waals surface area (Å²) in [6, 6.07) is 15.6. The Morgan fingerprint density at radius 1 is 0.900 bits per heavy atom. The molecule has 2 aromatic rings. The number of benzene rings is 2. The van der Waals surface area contributed by atoms with Gasteiger partial charge in [0.2, 0.25) is 0 Å². The Hall–Kier alpha value is -2.05. The Balaban J connectivity index is 1.49. The second kappa shape index (κ2) is 10.8. The molecule has 0 saturated carbocycles. The van der Waals surface area contributed by atoms with E-state index in [1.807, 2.05) is 24.3 Å². The van der Waals surface area contributed by atoms with Gasteiger partial charge in [0, 0.05) is 6.42 Å². The van der Waals surface area contributed by atoms with Crippen LogP contribution in [0.5, 0.6) is 5.75 Å². The quantitative estimate of drug-likeness (QED) is 0.420. The highest BCUT2D eigenvalue weighted by Crippen LogP contribution is 2.28. The molecule has 0 amide bonds. The van der Waals surface area contributed by atoms with Gasteiger partial charge in [-0.15, -0.1) is 0 Å². The lowest BCUT2D eigenvalue weighted by Gasteiger charge is -2.30. The first-order valence-electron chi connectivity index (χ1n) is 10.6. The minimum absolute atomic E-state index is 0.0376. The molecule has 1 aliphatic rings. The van der Waals surface area contributed by atoms with Gasteiger partial charge in [-0.25, -0.2) is 0 Å². The van der Waals surface area contributed by atoms with Crippen molar-refractivity contribution in [2.75, 3.05) is 19.8 Å². The molecule has 6 heteroatoms. The van der Waals surface area contributed by atoms with Gasteiger partial charge in [0.25, 0.3) is 0 Å². The van der Waals surface area contributed by atoms with E-state index in [-0.39, 0.29) is 25.2 Å². The Bertz CT molecular complexity index is 749. The minimum atomic E-state index is -4.13. The molecule has 0 radical (unpaired) electrons. The number of ether oxygens (including phenoxy) is 3. The summed E-state index contributed by atoms with van der Waals surface area (Å²) < 4.78 is 53.8. The molecular formula is C24H29F3O3. The van der Waals surface area contributed by atoms with Crippen molar-refractivity contribution in [3.05, 3.63) is 54.1 Å². The van der Waals surface area contributed by atoms with Crippen LogP contribution in [-0.4, -0.2) is 32.1 Å². The Morgan fingerprint density at radius 2 is 1.57 bits per heavy atom. The van der Waals surface area contributed by atoms with Gasteiger partial charge in [-0.1, -0.05) is 56.2 Å². The van der Waals surface area contributed by atoms with E-state index in [1.54, 1.807) is 12.1 Å². The van der Waals surface area contributed by atoms with Gasteiger partial charge < -0.3 is 14.2 Å². The molecule has 1 aliphatic heterocycles. The molecule has 1 saturated heterocycles. The van der Waals surface area contributed by atoms with Crippen LogP contribution in [0.1, 0.15) is 50.7 Å². The van der Waals surface area contributed by atoms with Gasteiger partial charge in [0.1, 0.15) is 11.9 Å². The van der Waals surface area contributed by atoms with Crippen LogP contribution in [-0.2, 0) is 9.47 Å². The lowest BCUT2D eigenvalue weighted by atomic mass is 10.0. The van der Waals surface area contributed by atoms with E-state index in [4.69, 9.17) is 14.2 Å². The van der Waals surface area contributed by atoms with Crippen LogP contribution < -0.4 is 4.74 Å². The predicted octanol–water partition coefficient (Wildman–Crippen LogP) is 6.72. The first kappa shape index (κ1) is 22.6. The number of unbranched alkanes of at least 4 members (excludes halogenated alkanes) is 1. The van der Waals surface area contributed by atoms with Crippen LogP contribution in [0, 0.1) is 0 Å². The highest BCUT2D eigenvalue weighted by Gasteiger charge is 2.26. The summed E-state index contributed by atoms with van der Waals surface area (Å²) in [7, 11) is 0. The van der Waals surface area contributed by atoms with E-state index in [9.17, 15) is 13.2 Å². The molecule has 2 atom stereocenters. The fourth-order valence-electron chi connectivity index (χ4n) is 3.43. The minimum Gasteiger partial charge on any atom is -0.494 e. The number of halogens is 3. The summed E-state index contributed by atoms with van der Waals surface area (Å²) in [6.07, 6.45) is -1.47. The van der Waals surface area contributed by atoms with Gasteiger partial charge in [0.05, 0.1) is 25.9 Å². The van der Waals surface area contributed by atoms with Crippen LogP contribution in [0.3, 0.4) is 0 Å². The summed E-state index contributed by atoms with van der Waals surface area (Å²) in [5.74, 6) is 0.572. The molecule has 0 N–H and O–H groups in total. The summed E-state index contributed by atoms with van der Waals surface area (Å²) in [5, 5.41) is 0. The van der Waals surface area contributed by atoms with E-state index in [0.29, 0.717) is 19.0 Å². The van der Waals surface area contributed by atoms with Crippen LogP contribution in [0.4, 0.5) is 13.2 Å². The normalized spacial score (nSPS) is 19.6. The lowest BCUT2D eigenvalue weighted by Crippen LogP contribution is -2.31. The van der Waals surface area contributed by atoms with E-state index in [1.165, 1.54) is 0 Å². The molecule has 2 aromatic carbocycles. The molecule has 3 rings (SSSR count). The molecule has 1 heterocycles. The highest BCUT2D eigenvalue weighted by molar-refractivity contribution is 5.64. The van der Waals surface area contributed by atoms with Crippen LogP contribution in [0.2, 0.25) is 0 Å². The van der Waals surface area contributed by atoms with Crippen molar-refractivity contribution in [3.63, 3.8) is 0 Å². The van der Waals surface area contributed by atoms with Crippen LogP contribution in [0.15, 0.2) is 48.5 Å². The SMILES string of the molecule is CCCCC1COC(c2ccc(-c3ccc(OCCCC(F)(F)F)cc3)cc2)CO1. The van der Waals surface area contributed by atoms with E-state index < -0.39 is 12.6 Å². The first-order valence-corrected chi connectivity index (χ1v) is 10.6. The fraction of sp³-hybridized carbons (Fsp3) is 0.500. The Labute approximate surface area is 176 Å². The zero-order valence-corrected chi connectivity index (χ0v) is 17.3. The number of hydrogen-bond acceptors (Lipinski definition) is 3. The van der Waals surface area contributed by atoms with Gasteiger partial charge in [-0.3, -0.25) is 0 Å². The maximum atomic E-state index is 12.2. The summed E-state index contributed by atoms with van der Waals surface area (Å²) >= 11 is 0. The molecule has 0 aliphatic carbocycles. The molecule has 0 bridgehead atoms. The molecule has 30 heavy (non-hydrogen) atoms. The number of rotatable bonds is 9. The third kappa shape index (κ3) is 7.03. The molecule has 0 spiro atoms. The van der Waals surface area contributed by atoms with Crippen molar-refractivity contribution in [1.29, 1.82) is 0 Å². The van der Waals surface area contributed by atoms with Gasteiger partial charge in [-0.05, 0) is 41.7 Å². The largest absolute Gasteiger partial charge is 0.494 e. The molecule has 164 valence electrons. The van der Waals surface area contributed by atoms with Crippen LogP contribution in [0.25, 0.3) is 11.1 Å². The van der Waals surface area contributed by atoms with E-state index in [0.717, 1.165) is 36.0 Å². The summed E-state index contributed by atoms with van der Waals surface area (Å²) in [4.78, 5) is 0. The maximum Gasteiger partial charge on any atom is 0.389 e. The van der Waals surface area contributed by atoms with Crippen molar-refractivity contribution in [2.45, 2.75) is 57.4 Å². The molecule has 0 aromatic heterocycles. The second-order valence-corrected chi connectivity index (χ2v) is 7.63. The standard InChI is InChI=1S/C24H29F3O3/c1-2-3-5-22-16-30-23(17-29-22)20-8-6-18(7-9-20)19-10-12-21(13-11-19)28-15-4-14-24(25,26)27/h6-13,22-23H,2-5,14-17H2,1H3. The van der Waals surface area contributed by atoms with Gasteiger partial charge >= 0.3 is 6.18 Å². The lowest BCUT2D eigenvalue weighted by molar-refractivity contribution is -0.137.